The molecular formula is C20H25N5OS. The van der Waals surface area contributed by atoms with Gasteiger partial charge in [0.15, 0.2) is 0 Å². The van der Waals surface area contributed by atoms with Crippen LogP contribution in [0.25, 0.3) is 10.9 Å². The van der Waals surface area contributed by atoms with Crippen molar-refractivity contribution in [3.05, 3.63) is 57.4 Å². The topological polar surface area (TPSA) is 77.7 Å². The molecule has 0 amide bonds. The number of aromatic nitrogens is 4. The second kappa shape index (κ2) is 7.86. The quantitative estimate of drug-likeness (QED) is 0.708. The van der Waals surface area contributed by atoms with E-state index in [0.29, 0.717) is 10.6 Å². The van der Waals surface area contributed by atoms with Gasteiger partial charge in [-0.1, -0.05) is 12.1 Å². The second-order valence-electron chi connectivity index (χ2n) is 7.27. The van der Waals surface area contributed by atoms with Gasteiger partial charge in [0.05, 0.1) is 22.3 Å². The van der Waals surface area contributed by atoms with Gasteiger partial charge in [-0.15, -0.1) is 0 Å². The van der Waals surface area contributed by atoms with E-state index in [9.17, 15) is 4.79 Å². The zero-order chi connectivity index (χ0) is 18.8. The molecule has 7 heteroatoms. The van der Waals surface area contributed by atoms with Crippen molar-refractivity contribution in [3.63, 3.8) is 0 Å². The van der Waals surface area contributed by atoms with Crippen LogP contribution >= 0.6 is 11.8 Å². The van der Waals surface area contributed by atoms with E-state index in [4.69, 9.17) is 4.98 Å². The fourth-order valence-electron chi connectivity index (χ4n) is 3.64. The predicted octanol–water partition coefficient (Wildman–Crippen LogP) is 3.16. The van der Waals surface area contributed by atoms with E-state index in [1.807, 2.05) is 50.0 Å². The molecule has 3 heterocycles. The summed E-state index contributed by atoms with van der Waals surface area (Å²) in [5.74, 6) is 1.54. The van der Waals surface area contributed by atoms with Gasteiger partial charge in [-0.3, -0.25) is 14.8 Å². The number of thioether (sulfide) groups is 1. The lowest BCUT2D eigenvalue weighted by atomic mass is 10.1. The summed E-state index contributed by atoms with van der Waals surface area (Å²) in [6.45, 7) is 7.22. The first-order chi connectivity index (χ1) is 13.1. The Bertz CT molecular complexity index is 987. The molecule has 142 valence electrons. The number of likely N-dealkylation sites (tertiary alicyclic amines) is 1. The lowest BCUT2D eigenvalue weighted by Crippen LogP contribution is -2.34. The van der Waals surface area contributed by atoms with E-state index in [0.717, 1.165) is 48.0 Å². The first-order valence-electron chi connectivity index (χ1n) is 9.42. The average molecular weight is 384 g/mol. The molecule has 3 aromatic rings. The van der Waals surface area contributed by atoms with E-state index in [1.165, 1.54) is 18.4 Å². The lowest BCUT2D eigenvalue weighted by Gasteiger charge is -2.31. The molecule has 1 saturated heterocycles. The van der Waals surface area contributed by atoms with Crippen LogP contribution in [0.5, 0.6) is 0 Å². The summed E-state index contributed by atoms with van der Waals surface area (Å²) in [4.78, 5) is 22.5. The van der Waals surface area contributed by atoms with Crippen LogP contribution in [-0.4, -0.2) is 43.4 Å². The zero-order valence-corrected chi connectivity index (χ0v) is 16.6. The molecule has 1 fully saturated rings. The van der Waals surface area contributed by atoms with Crippen LogP contribution in [0.4, 0.5) is 0 Å². The number of piperidine rings is 1. The number of hydrogen-bond donors (Lipinski definition) is 2. The fraction of sp³-hybridized carbons (Fsp3) is 0.450. The summed E-state index contributed by atoms with van der Waals surface area (Å²) in [5.41, 5.74) is 4.21. The molecule has 0 radical (unpaired) electrons. The van der Waals surface area contributed by atoms with Gasteiger partial charge < -0.3 is 4.98 Å². The van der Waals surface area contributed by atoms with Gasteiger partial charge in [0.2, 0.25) is 0 Å². The largest absolute Gasteiger partial charge is 0.309 e. The molecular weight excluding hydrogens is 358 g/mol. The van der Waals surface area contributed by atoms with Crippen LogP contribution < -0.4 is 5.56 Å². The van der Waals surface area contributed by atoms with E-state index in [-0.39, 0.29) is 5.56 Å². The van der Waals surface area contributed by atoms with E-state index >= 15 is 0 Å². The first kappa shape index (κ1) is 18.3. The Morgan fingerprint density at radius 2 is 2.07 bits per heavy atom. The SMILES string of the molecule is Cc1n[nH]cc1CN1CCC(SCc2nc3c(C)cccc3c(=O)[nH]2)CC1. The van der Waals surface area contributed by atoms with Crippen molar-refractivity contribution in [1.82, 2.24) is 25.1 Å². The van der Waals surface area contributed by atoms with Crippen LogP contribution in [0.2, 0.25) is 0 Å². The van der Waals surface area contributed by atoms with Crippen molar-refractivity contribution in [2.75, 3.05) is 13.1 Å². The summed E-state index contributed by atoms with van der Waals surface area (Å²) in [6, 6.07) is 5.74. The van der Waals surface area contributed by atoms with Gasteiger partial charge in [-0.25, -0.2) is 4.98 Å². The lowest BCUT2D eigenvalue weighted by molar-refractivity contribution is 0.224. The van der Waals surface area contributed by atoms with E-state index in [2.05, 4.69) is 20.1 Å². The molecule has 1 aromatic carbocycles. The Kier molecular flexibility index (Phi) is 5.31. The molecule has 27 heavy (non-hydrogen) atoms. The minimum absolute atomic E-state index is 0.0374. The fourth-order valence-corrected chi connectivity index (χ4v) is 4.71. The standard InChI is InChI=1S/C20H25N5OS/c1-13-4-3-5-17-19(13)22-18(23-20(17)26)12-27-16-6-8-25(9-7-16)11-15-10-21-24-14(15)2/h3-5,10,16H,6-9,11-12H2,1-2H3,(H,21,24)(H,22,23,26). The monoisotopic (exact) mass is 383 g/mol. The molecule has 0 spiro atoms. The number of benzene rings is 1. The Hall–Kier alpha value is -2.12. The molecule has 0 atom stereocenters. The highest BCUT2D eigenvalue weighted by molar-refractivity contribution is 7.99. The van der Waals surface area contributed by atoms with Crippen LogP contribution in [0, 0.1) is 13.8 Å². The molecule has 4 rings (SSSR count). The van der Waals surface area contributed by atoms with Crippen LogP contribution in [0.1, 0.15) is 35.5 Å². The summed E-state index contributed by atoms with van der Waals surface area (Å²) in [5, 5.41) is 8.43. The minimum Gasteiger partial charge on any atom is -0.309 e. The van der Waals surface area contributed by atoms with E-state index in [1.54, 1.807) is 0 Å². The summed E-state index contributed by atoms with van der Waals surface area (Å²) in [7, 11) is 0. The van der Waals surface area contributed by atoms with Crippen LogP contribution in [0.3, 0.4) is 0 Å². The van der Waals surface area contributed by atoms with E-state index < -0.39 is 0 Å². The van der Waals surface area contributed by atoms with Crippen molar-refractivity contribution >= 4 is 22.7 Å². The van der Waals surface area contributed by atoms with Crippen molar-refractivity contribution in [3.8, 4) is 0 Å². The number of nitrogens with zero attached hydrogens (tertiary/aromatic N) is 3. The van der Waals surface area contributed by atoms with Gasteiger partial charge in [-0.2, -0.15) is 16.9 Å². The minimum atomic E-state index is -0.0374. The molecule has 6 nitrogen and oxygen atoms in total. The number of nitrogens with one attached hydrogen (secondary N) is 2. The number of aryl methyl sites for hydroxylation is 2. The highest BCUT2D eigenvalue weighted by Crippen LogP contribution is 2.27. The van der Waals surface area contributed by atoms with Gasteiger partial charge in [0.25, 0.3) is 5.56 Å². The third-order valence-corrected chi connectivity index (χ3v) is 6.69. The number of rotatable bonds is 5. The third-order valence-electron chi connectivity index (χ3n) is 5.31. The summed E-state index contributed by atoms with van der Waals surface area (Å²) >= 11 is 1.91. The number of hydrogen-bond acceptors (Lipinski definition) is 5. The van der Waals surface area contributed by atoms with Crippen LogP contribution in [0.15, 0.2) is 29.2 Å². The Balaban J connectivity index is 1.34. The van der Waals surface area contributed by atoms with Crippen LogP contribution in [-0.2, 0) is 12.3 Å². The second-order valence-corrected chi connectivity index (χ2v) is 8.55. The number of H-pyrrole nitrogens is 2. The Morgan fingerprint density at radius 1 is 1.26 bits per heavy atom. The molecule has 2 N–H and O–H groups in total. The van der Waals surface area contributed by atoms with Crippen molar-refractivity contribution in [2.24, 2.45) is 0 Å². The van der Waals surface area contributed by atoms with Crippen molar-refractivity contribution in [1.29, 1.82) is 0 Å². The normalized spacial score (nSPS) is 16.2. The maximum atomic E-state index is 12.3. The highest BCUT2D eigenvalue weighted by atomic mass is 32.2. The summed E-state index contributed by atoms with van der Waals surface area (Å²) in [6.07, 6.45) is 4.33. The predicted molar refractivity (Wildman–Crippen MR) is 110 cm³/mol. The highest BCUT2D eigenvalue weighted by Gasteiger charge is 2.21. The smallest absolute Gasteiger partial charge is 0.258 e. The maximum Gasteiger partial charge on any atom is 0.258 e. The molecule has 0 bridgehead atoms. The molecule has 2 aromatic heterocycles. The Labute approximate surface area is 162 Å². The van der Waals surface area contributed by atoms with Gasteiger partial charge >= 0.3 is 0 Å². The molecule has 1 aliphatic rings. The van der Waals surface area contributed by atoms with Crippen molar-refractivity contribution < 1.29 is 0 Å². The molecule has 1 aliphatic heterocycles. The number of fused-ring (bicyclic) bond motifs is 1. The maximum absolute atomic E-state index is 12.3. The van der Waals surface area contributed by atoms with Gasteiger partial charge in [-0.05, 0) is 51.4 Å². The average Bonchev–Trinajstić information content (AvgIpc) is 3.07. The zero-order valence-electron chi connectivity index (χ0n) is 15.8. The molecule has 0 aliphatic carbocycles. The number of para-hydroxylation sites is 1. The van der Waals surface area contributed by atoms with Crippen molar-refractivity contribution in [2.45, 2.75) is 44.2 Å². The Morgan fingerprint density at radius 3 is 2.81 bits per heavy atom. The third kappa shape index (κ3) is 4.09. The first-order valence-corrected chi connectivity index (χ1v) is 10.5. The summed E-state index contributed by atoms with van der Waals surface area (Å²) < 4.78 is 0. The van der Waals surface area contributed by atoms with Gasteiger partial charge in [0, 0.05) is 23.6 Å². The van der Waals surface area contributed by atoms with Gasteiger partial charge in [0.1, 0.15) is 5.82 Å². The molecule has 0 saturated carbocycles. The molecule has 0 unspecified atom stereocenters. The number of aromatic amines is 2.